The highest BCUT2D eigenvalue weighted by molar-refractivity contribution is 5.68. The molecule has 0 aromatic carbocycles. The van der Waals surface area contributed by atoms with Crippen molar-refractivity contribution in [3.8, 4) is 0 Å². The van der Waals surface area contributed by atoms with Crippen molar-refractivity contribution in [1.29, 1.82) is 0 Å². The number of nitrogens with zero attached hydrogens (tertiary/aromatic N) is 2. The Balaban J connectivity index is 1.89. The van der Waals surface area contributed by atoms with Crippen LogP contribution in [0, 0.1) is 0 Å². The topological polar surface area (TPSA) is 44.8 Å². The minimum atomic E-state index is -0.404. The second-order valence-electron chi connectivity index (χ2n) is 5.82. The average Bonchev–Trinajstić information content (AvgIpc) is 2.26. The van der Waals surface area contributed by atoms with E-state index in [0.717, 1.165) is 39.3 Å². The van der Waals surface area contributed by atoms with Crippen molar-refractivity contribution >= 4 is 6.09 Å². The molecule has 0 radical (unpaired) electrons. The van der Waals surface area contributed by atoms with Crippen LogP contribution in [-0.4, -0.2) is 66.8 Å². The molecule has 2 rings (SSSR count). The first-order chi connectivity index (χ1) is 7.96. The Labute approximate surface area is 103 Å². The zero-order valence-corrected chi connectivity index (χ0v) is 11.0. The lowest BCUT2D eigenvalue weighted by atomic mass is 10.1. The lowest BCUT2D eigenvalue weighted by molar-refractivity contribution is 0.000295. The van der Waals surface area contributed by atoms with Crippen LogP contribution in [0.5, 0.6) is 0 Å². The SMILES string of the molecule is CC(C)(C)OC(=O)N1CCN2CCNC[C@H]2C1. The molecule has 2 heterocycles. The summed E-state index contributed by atoms with van der Waals surface area (Å²) < 4.78 is 5.40. The molecule has 0 bridgehead atoms. The number of ether oxygens (including phenoxy) is 1. The summed E-state index contributed by atoms with van der Waals surface area (Å²) in [5.41, 5.74) is -0.404. The molecule has 1 atom stereocenters. The van der Waals surface area contributed by atoms with E-state index < -0.39 is 5.60 Å². The van der Waals surface area contributed by atoms with Crippen LogP contribution in [0.1, 0.15) is 20.8 Å². The molecule has 1 N–H and O–H groups in total. The second-order valence-corrected chi connectivity index (χ2v) is 5.82. The molecule has 0 spiro atoms. The van der Waals surface area contributed by atoms with Crippen LogP contribution in [0.4, 0.5) is 4.79 Å². The first-order valence-corrected chi connectivity index (χ1v) is 6.38. The number of carbonyl (C=O) groups is 1. The number of nitrogens with one attached hydrogen (secondary N) is 1. The summed E-state index contributed by atoms with van der Waals surface area (Å²) in [5, 5.41) is 3.37. The summed E-state index contributed by atoms with van der Waals surface area (Å²) in [6.07, 6.45) is -0.178. The number of fused-ring (bicyclic) bond motifs is 1. The molecule has 2 saturated heterocycles. The minimum absolute atomic E-state index is 0.178. The lowest BCUT2D eigenvalue weighted by Gasteiger charge is -2.44. The Kier molecular flexibility index (Phi) is 3.58. The quantitative estimate of drug-likeness (QED) is 0.671. The van der Waals surface area contributed by atoms with E-state index in [1.807, 2.05) is 25.7 Å². The first-order valence-electron chi connectivity index (χ1n) is 6.38. The molecule has 2 fully saturated rings. The van der Waals surface area contributed by atoms with E-state index >= 15 is 0 Å². The first kappa shape index (κ1) is 12.6. The van der Waals surface area contributed by atoms with Crippen molar-refractivity contribution in [2.24, 2.45) is 0 Å². The van der Waals surface area contributed by atoms with Crippen LogP contribution in [-0.2, 0) is 4.74 Å². The van der Waals surface area contributed by atoms with Gasteiger partial charge in [-0.2, -0.15) is 0 Å². The largest absolute Gasteiger partial charge is 0.444 e. The summed E-state index contributed by atoms with van der Waals surface area (Å²) in [6.45, 7) is 11.4. The predicted molar refractivity (Wildman–Crippen MR) is 66.0 cm³/mol. The van der Waals surface area contributed by atoms with Crippen molar-refractivity contribution in [1.82, 2.24) is 15.1 Å². The van der Waals surface area contributed by atoms with Crippen LogP contribution in [0.3, 0.4) is 0 Å². The lowest BCUT2D eigenvalue weighted by Crippen LogP contribution is -2.62. The van der Waals surface area contributed by atoms with Gasteiger partial charge in [0.25, 0.3) is 0 Å². The number of piperazine rings is 2. The fraction of sp³-hybridized carbons (Fsp3) is 0.917. The van der Waals surface area contributed by atoms with Crippen LogP contribution in [0.2, 0.25) is 0 Å². The summed E-state index contributed by atoms with van der Waals surface area (Å²) in [5.74, 6) is 0. The van der Waals surface area contributed by atoms with Gasteiger partial charge in [0.1, 0.15) is 5.60 Å². The van der Waals surface area contributed by atoms with Gasteiger partial charge < -0.3 is 15.0 Å². The minimum Gasteiger partial charge on any atom is -0.444 e. The summed E-state index contributed by atoms with van der Waals surface area (Å²) in [7, 11) is 0. The van der Waals surface area contributed by atoms with Gasteiger partial charge in [0.2, 0.25) is 0 Å². The highest BCUT2D eigenvalue weighted by Gasteiger charge is 2.32. The van der Waals surface area contributed by atoms with Crippen molar-refractivity contribution in [3.05, 3.63) is 0 Å². The normalized spacial score (nSPS) is 26.5. The van der Waals surface area contributed by atoms with E-state index in [4.69, 9.17) is 4.74 Å². The Morgan fingerprint density at radius 1 is 1.29 bits per heavy atom. The molecule has 5 heteroatoms. The highest BCUT2D eigenvalue weighted by Crippen LogP contribution is 2.15. The third-order valence-corrected chi connectivity index (χ3v) is 3.21. The van der Waals surface area contributed by atoms with Crippen LogP contribution in [0.25, 0.3) is 0 Å². The molecule has 0 unspecified atom stereocenters. The smallest absolute Gasteiger partial charge is 0.410 e. The molecule has 98 valence electrons. The van der Waals surface area contributed by atoms with Crippen molar-refractivity contribution in [3.63, 3.8) is 0 Å². The van der Waals surface area contributed by atoms with Crippen molar-refractivity contribution in [2.75, 3.05) is 39.3 Å². The van der Waals surface area contributed by atoms with Crippen molar-refractivity contribution in [2.45, 2.75) is 32.4 Å². The van der Waals surface area contributed by atoms with Crippen LogP contribution in [0.15, 0.2) is 0 Å². The maximum Gasteiger partial charge on any atom is 0.410 e. The predicted octanol–water partition coefficient (Wildman–Crippen LogP) is 0.511. The number of hydrogen-bond acceptors (Lipinski definition) is 4. The van der Waals surface area contributed by atoms with E-state index in [1.54, 1.807) is 0 Å². The highest BCUT2D eigenvalue weighted by atomic mass is 16.6. The van der Waals surface area contributed by atoms with E-state index in [-0.39, 0.29) is 6.09 Å². The summed E-state index contributed by atoms with van der Waals surface area (Å²) in [6, 6.07) is 0.449. The Hall–Kier alpha value is -0.810. The molecule has 5 nitrogen and oxygen atoms in total. The maximum atomic E-state index is 12.0. The van der Waals surface area contributed by atoms with Gasteiger partial charge in [-0.15, -0.1) is 0 Å². The summed E-state index contributed by atoms with van der Waals surface area (Å²) in [4.78, 5) is 16.2. The average molecular weight is 241 g/mol. The Morgan fingerprint density at radius 2 is 2.06 bits per heavy atom. The molecular weight excluding hydrogens is 218 g/mol. The molecule has 0 aromatic rings. The molecule has 2 aliphatic heterocycles. The van der Waals surface area contributed by atoms with Gasteiger partial charge in [0.15, 0.2) is 0 Å². The van der Waals surface area contributed by atoms with E-state index in [0.29, 0.717) is 6.04 Å². The third kappa shape index (κ3) is 3.33. The second kappa shape index (κ2) is 4.82. The van der Waals surface area contributed by atoms with Gasteiger partial charge in [0, 0.05) is 45.3 Å². The zero-order chi connectivity index (χ0) is 12.5. The molecule has 0 saturated carbocycles. The summed E-state index contributed by atoms with van der Waals surface area (Å²) >= 11 is 0. The van der Waals surface area contributed by atoms with Gasteiger partial charge in [-0.25, -0.2) is 4.79 Å². The number of hydrogen-bond donors (Lipinski definition) is 1. The molecule has 1 amide bonds. The number of carbonyl (C=O) groups excluding carboxylic acids is 1. The molecule has 17 heavy (non-hydrogen) atoms. The van der Waals surface area contributed by atoms with Gasteiger partial charge in [-0.3, -0.25) is 4.90 Å². The fourth-order valence-electron chi connectivity index (χ4n) is 2.36. The van der Waals surface area contributed by atoms with Gasteiger partial charge in [-0.1, -0.05) is 0 Å². The molecular formula is C12H23N3O2. The monoisotopic (exact) mass is 241 g/mol. The van der Waals surface area contributed by atoms with Gasteiger partial charge in [-0.05, 0) is 20.8 Å². The number of rotatable bonds is 0. The van der Waals surface area contributed by atoms with E-state index in [1.165, 1.54) is 0 Å². The molecule has 2 aliphatic rings. The van der Waals surface area contributed by atoms with E-state index in [9.17, 15) is 4.79 Å². The third-order valence-electron chi connectivity index (χ3n) is 3.21. The van der Waals surface area contributed by atoms with E-state index in [2.05, 4.69) is 10.2 Å². The van der Waals surface area contributed by atoms with Gasteiger partial charge in [0.05, 0.1) is 0 Å². The molecule has 0 aromatic heterocycles. The van der Waals surface area contributed by atoms with Crippen LogP contribution >= 0.6 is 0 Å². The van der Waals surface area contributed by atoms with Crippen molar-refractivity contribution < 1.29 is 9.53 Å². The maximum absolute atomic E-state index is 12.0. The standard InChI is InChI=1S/C12H23N3O2/c1-12(2,3)17-11(16)15-7-6-14-5-4-13-8-10(14)9-15/h10,13H,4-9H2,1-3H3/t10-/m0/s1. The molecule has 0 aliphatic carbocycles. The van der Waals surface area contributed by atoms with Crippen LogP contribution < -0.4 is 5.32 Å². The Morgan fingerprint density at radius 3 is 2.76 bits per heavy atom. The zero-order valence-electron chi connectivity index (χ0n) is 11.0. The fourth-order valence-corrected chi connectivity index (χ4v) is 2.36. The Bertz CT molecular complexity index is 288. The van der Waals surface area contributed by atoms with Gasteiger partial charge >= 0.3 is 6.09 Å². The number of amides is 1.